The molecular formula is C25H32N2O4. The summed E-state index contributed by atoms with van der Waals surface area (Å²) >= 11 is 0. The minimum atomic E-state index is -0.347. The van der Waals surface area contributed by atoms with Gasteiger partial charge in [0.15, 0.2) is 0 Å². The number of para-hydroxylation sites is 2. The van der Waals surface area contributed by atoms with E-state index in [0.29, 0.717) is 31.7 Å². The van der Waals surface area contributed by atoms with Gasteiger partial charge in [-0.25, -0.2) is 0 Å². The van der Waals surface area contributed by atoms with Crippen molar-refractivity contribution in [2.24, 2.45) is 5.92 Å². The second kappa shape index (κ2) is 10.8. The van der Waals surface area contributed by atoms with E-state index in [9.17, 15) is 9.59 Å². The first-order chi connectivity index (χ1) is 15.1. The monoisotopic (exact) mass is 424 g/mol. The highest BCUT2D eigenvalue weighted by atomic mass is 16.5. The Labute approximate surface area is 184 Å². The summed E-state index contributed by atoms with van der Waals surface area (Å²) in [5.74, 6) is 1.13. The molecule has 3 rings (SSSR count). The first-order valence-electron chi connectivity index (χ1n) is 10.9. The first-order valence-corrected chi connectivity index (χ1v) is 10.9. The largest absolute Gasteiger partial charge is 0.496 e. The maximum Gasteiger partial charge on any atom is 0.225 e. The smallest absolute Gasteiger partial charge is 0.225 e. The molecule has 166 valence electrons. The summed E-state index contributed by atoms with van der Waals surface area (Å²) in [5, 5.41) is 3.07. The molecule has 2 amide bonds. The molecule has 31 heavy (non-hydrogen) atoms. The average molecular weight is 425 g/mol. The lowest BCUT2D eigenvalue weighted by atomic mass is 9.83. The van der Waals surface area contributed by atoms with Crippen molar-refractivity contribution in [3.05, 3.63) is 59.7 Å². The molecule has 6 nitrogen and oxygen atoms in total. The number of piperidine rings is 1. The zero-order chi connectivity index (χ0) is 22.2. The van der Waals surface area contributed by atoms with E-state index in [0.717, 1.165) is 29.7 Å². The summed E-state index contributed by atoms with van der Waals surface area (Å²) in [6.45, 7) is 3.11. The van der Waals surface area contributed by atoms with Gasteiger partial charge in [-0.2, -0.15) is 0 Å². The van der Waals surface area contributed by atoms with E-state index in [2.05, 4.69) is 12.2 Å². The fraction of sp³-hybridized carbons (Fsp3) is 0.440. The number of hydrogen-bond acceptors (Lipinski definition) is 4. The molecule has 0 unspecified atom stereocenters. The van der Waals surface area contributed by atoms with Crippen molar-refractivity contribution in [3.63, 3.8) is 0 Å². The third-order valence-electron chi connectivity index (χ3n) is 5.90. The van der Waals surface area contributed by atoms with Gasteiger partial charge in [0.25, 0.3) is 0 Å². The minimum absolute atomic E-state index is 0.0594. The lowest BCUT2D eigenvalue weighted by molar-refractivity contribution is -0.143. The van der Waals surface area contributed by atoms with E-state index in [1.54, 1.807) is 14.2 Å². The van der Waals surface area contributed by atoms with Gasteiger partial charge in [-0.1, -0.05) is 49.7 Å². The highest BCUT2D eigenvalue weighted by Crippen LogP contribution is 2.41. The Bertz CT molecular complexity index is 899. The number of rotatable bonds is 9. The summed E-state index contributed by atoms with van der Waals surface area (Å²) in [4.78, 5) is 28.1. The molecule has 0 aliphatic carbocycles. The number of nitrogens with one attached hydrogen (secondary N) is 1. The molecule has 2 atom stereocenters. The summed E-state index contributed by atoms with van der Waals surface area (Å²) in [7, 11) is 3.24. The van der Waals surface area contributed by atoms with Crippen LogP contribution in [0, 0.1) is 5.92 Å². The maximum absolute atomic E-state index is 13.3. The van der Waals surface area contributed by atoms with E-state index >= 15 is 0 Å². The molecule has 1 heterocycles. The second-order valence-electron chi connectivity index (χ2n) is 7.80. The van der Waals surface area contributed by atoms with E-state index < -0.39 is 0 Å². The number of likely N-dealkylation sites (tertiary alicyclic amines) is 1. The summed E-state index contributed by atoms with van der Waals surface area (Å²) in [6, 6.07) is 15.0. The molecule has 2 aromatic carbocycles. The molecule has 2 aromatic rings. The second-order valence-corrected chi connectivity index (χ2v) is 7.80. The number of carbonyl (C=O) groups excluding carboxylic acids is 2. The van der Waals surface area contributed by atoms with Gasteiger partial charge in [0.1, 0.15) is 11.5 Å². The normalized spacial score (nSPS) is 18.5. The highest BCUT2D eigenvalue weighted by Gasteiger charge is 2.41. The predicted octanol–water partition coefficient (Wildman–Crippen LogP) is 4.10. The van der Waals surface area contributed by atoms with Gasteiger partial charge in [-0.3, -0.25) is 9.59 Å². The first kappa shape index (κ1) is 22.7. The number of unbranched alkanes of at least 4 members (excludes halogenated alkanes) is 1. The van der Waals surface area contributed by atoms with E-state index in [-0.39, 0.29) is 23.8 Å². The van der Waals surface area contributed by atoms with Crippen molar-refractivity contribution in [3.8, 4) is 11.5 Å². The van der Waals surface area contributed by atoms with Gasteiger partial charge in [0.2, 0.25) is 11.8 Å². The molecule has 1 aliphatic heterocycles. The molecular weight excluding hydrogens is 392 g/mol. The molecule has 1 N–H and O–H groups in total. The van der Waals surface area contributed by atoms with Crippen LogP contribution in [-0.4, -0.2) is 37.5 Å². The quantitative estimate of drug-likeness (QED) is 0.658. The van der Waals surface area contributed by atoms with Crippen molar-refractivity contribution in [2.45, 2.75) is 45.2 Å². The molecule has 0 radical (unpaired) electrons. The third kappa shape index (κ3) is 5.19. The number of carbonyl (C=O) groups is 2. The number of ether oxygens (including phenoxy) is 2. The Kier molecular flexibility index (Phi) is 7.93. The Morgan fingerprint density at radius 3 is 2.45 bits per heavy atom. The number of amides is 2. The standard InChI is InChI=1S/C25H32N2O4/c1-4-5-16-27-23(28)15-14-20(24(27)19-11-7-9-13-22(19)31-3)25(29)26-17-18-10-6-8-12-21(18)30-2/h6-13,20,24H,4-5,14-17H2,1-3H3,(H,26,29)/t20-,24+/m1/s1. The van der Waals surface area contributed by atoms with Crippen LogP contribution in [0.15, 0.2) is 48.5 Å². The van der Waals surface area contributed by atoms with Crippen LogP contribution in [0.5, 0.6) is 11.5 Å². The molecule has 0 saturated carbocycles. The van der Waals surface area contributed by atoms with Gasteiger partial charge in [-0.15, -0.1) is 0 Å². The van der Waals surface area contributed by atoms with E-state index in [1.807, 2.05) is 53.4 Å². The third-order valence-corrected chi connectivity index (χ3v) is 5.90. The van der Waals surface area contributed by atoms with Gasteiger partial charge < -0.3 is 19.7 Å². The van der Waals surface area contributed by atoms with E-state index in [4.69, 9.17) is 9.47 Å². The van der Waals surface area contributed by atoms with Gasteiger partial charge in [0, 0.05) is 30.6 Å². The van der Waals surface area contributed by atoms with Gasteiger partial charge >= 0.3 is 0 Å². The molecule has 6 heteroatoms. The van der Waals surface area contributed by atoms with Gasteiger partial charge in [-0.05, 0) is 25.0 Å². The van der Waals surface area contributed by atoms with Crippen molar-refractivity contribution >= 4 is 11.8 Å². The van der Waals surface area contributed by atoms with Crippen LogP contribution in [0.2, 0.25) is 0 Å². The van der Waals surface area contributed by atoms with E-state index in [1.165, 1.54) is 0 Å². The van der Waals surface area contributed by atoms with Crippen LogP contribution in [0.4, 0.5) is 0 Å². The number of nitrogens with zero attached hydrogens (tertiary/aromatic N) is 1. The van der Waals surface area contributed by atoms with Crippen LogP contribution in [0.25, 0.3) is 0 Å². The highest BCUT2D eigenvalue weighted by molar-refractivity contribution is 5.85. The fourth-order valence-electron chi connectivity index (χ4n) is 4.28. The summed E-state index contributed by atoms with van der Waals surface area (Å²) in [5.41, 5.74) is 1.80. The van der Waals surface area contributed by atoms with Crippen LogP contribution in [0.1, 0.15) is 49.8 Å². The Balaban J connectivity index is 1.88. The number of hydrogen-bond donors (Lipinski definition) is 1. The zero-order valence-corrected chi connectivity index (χ0v) is 18.6. The van der Waals surface area contributed by atoms with Crippen LogP contribution >= 0.6 is 0 Å². The summed E-state index contributed by atoms with van der Waals surface area (Å²) in [6.07, 6.45) is 2.77. The lowest BCUT2D eigenvalue weighted by Gasteiger charge is -2.41. The predicted molar refractivity (Wildman–Crippen MR) is 120 cm³/mol. The van der Waals surface area contributed by atoms with Crippen molar-refractivity contribution < 1.29 is 19.1 Å². The number of benzene rings is 2. The molecule has 0 aromatic heterocycles. The fourth-order valence-corrected chi connectivity index (χ4v) is 4.28. The SMILES string of the molecule is CCCCN1C(=O)CC[C@@H](C(=O)NCc2ccccc2OC)[C@@H]1c1ccccc1OC. The van der Waals surface area contributed by atoms with Crippen molar-refractivity contribution in [1.82, 2.24) is 10.2 Å². The van der Waals surface area contributed by atoms with Crippen molar-refractivity contribution in [1.29, 1.82) is 0 Å². The molecule has 1 saturated heterocycles. The Morgan fingerprint density at radius 1 is 1.06 bits per heavy atom. The van der Waals surface area contributed by atoms with Crippen molar-refractivity contribution in [2.75, 3.05) is 20.8 Å². The lowest BCUT2D eigenvalue weighted by Crippen LogP contribution is -2.48. The van der Waals surface area contributed by atoms with Crippen LogP contribution < -0.4 is 14.8 Å². The molecule has 0 spiro atoms. The zero-order valence-electron chi connectivity index (χ0n) is 18.6. The average Bonchev–Trinajstić information content (AvgIpc) is 2.81. The molecule has 0 bridgehead atoms. The van der Waals surface area contributed by atoms with Gasteiger partial charge in [0.05, 0.1) is 26.2 Å². The molecule has 1 aliphatic rings. The van der Waals surface area contributed by atoms with Crippen LogP contribution in [-0.2, 0) is 16.1 Å². The minimum Gasteiger partial charge on any atom is -0.496 e. The molecule has 1 fully saturated rings. The summed E-state index contributed by atoms with van der Waals surface area (Å²) < 4.78 is 11.0. The number of methoxy groups -OCH3 is 2. The Morgan fingerprint density at radius 2 is 1.74 bits per heavy atom. The van der Waals surface area contributed by atoms with Crippen LogP contribution in [0.3, 0.4) is 0 Å². The topological polar surface area (TPSA) is 67.9 Å². The Hall–Kier alpha value is -3.02. The maximum atomic E-state index is 13.3.